The van der Waals surface area contributed by atoms with Crippen LogP contribution in [0.1, 0.15) is 42.5 Å². The van der Waals surface area contributed by atoms with E-state index in [0.29, 0.717) is 6.54 Å². The summed E-state index contributed by atoms with van der Waals surface area (Å²) in [7, 11) is 2.17. The van der Waals surface area contributed by atoms with Crippen LogP contribution in [0, 0.1) is 6.92 Å². The minimum atomic E-state index is -0.707. The van der Waals surface area contributed by atoms with Gasteiger partial charge in [-0.2, -0.15) is 0 Å². The fourth-order valence-corrected chi connectivity index (χ4v) is 5.58. The van der Waals surface area contributed by atoms with Crippen molar-refractivity contribution in [3.8, 4) is 5.69 Å². The summed E-state index contributed by atoms with van der Waals surface area (Å²) in [5.74, 6) is 0. The summed E-state index contributed by atoms with van der Waals surface area (Å²) in [4.78, 5) is 18.1. The summed E-state index contributed by atoms with van der Waals surface area (Å²) < 4.78 is 3.60. The van der Waals surface area contributed by atoms with E-state index in [4.69, 9.17) is 0 Å². The summed E-state index contributed by atoms with van der Waals surface area (Å²) in [5.41, 5.74) is 4.59. The van der Waals surface area contributed by atoms with Gasteiger partial charge in [0.05, 0.1) is 11.3 Å². The Balaban J connectivity index is 1.33. The summed E-state index contributed by atoms with van der Waals surface area (Å²) >= 11 is 0. The zero-order valence-corrected chi connectivity index (χ0v) is 20.4. The molecule has 0 bridgehead atoms. The van der Waals surface area contributed by atoms with Crippen LogP contribution in [0.4, 0.5) is 5.69 Å². The predicted molar refractivity (Wildman–Crippen MR) is 137 cm³/mol. The number of benzene rings is 2. The number of aliphatic hydroxyl groups is 1. The molecule has 180 valence electrons. The van der Waals surface area contributed by atoms with Crippen molar-refractivity contribution in [2.24, 2.45) is 0 Å². The first-order chi connectivity index (χ1) is 16.4. The Morgan fingerprint density at radius 1 is 0.941 bits per heavy atom. The molecule has 2 heterocycles. The fourth-order valence-electron chi connectivity index (χ4n) is 5.58. The van der Waals surface area contributed by atoms with Gasteiger partial charge in [0.25, 0.3) is 0 Å². The second kappa shape index (κ2) is 9.43. The molecule has 1 saturated carbocycles. The first-order valence-corrected chi connectivity index (χ1v) is 12.6. The van der Waals surface area contributed by atoms with Gasteiger partial charge in [-0.05, 0) is 62.6 Å². The first-order valence-electron chi connectivity index (χ1n) is 12.6. The minimum Gasteiger partial charge on any atom is -0.385 e. The van der Waals surface area contributed by atoms with Gasteiger partial charge >= 0.3 is 5.69 Å². The van der Waals surface area contributed by atoms with Crippen LogP contribution in [0.25, 0.3) is 5.69 Å². The van der Waals surface area contributed by atoms with E-state index in [9.17, 15) is 9.90 Å². The second-order valence-electron chi connectivity index (χ2n) is 10.0. The molecule has 5 rings (SSSR count). The van der Waals surface area contributed by atoms with E-state index in [1.807, 2.05) is 42.0 Å². The van der Waals surface area contributed by atoms with Crippen LogP contribution in [0.5, 0.6) is 0 Å². The molecule has 2 aliphatic rings. The predicted octanol–water partition coefficient (Wildman–Crippen LogP) is 3.70. The van der Waals surface area contributed by atoms with Crippen molar-refractivity contribution in [3.63, 3.8) is 0 Å². The van der Waals surface area contributed by atoms with E-state index in [1.165, 1.54) is 11.3 Å². The number of nitrogens with zero attached hydrogens (tertiary/aromatic N) is 4. The van der Waals surface area contributed by atoms with Crippen molar-refractivity contribution >= 4 is 5.69 Å². The third kappa shape index (κ3) is 4.44. The summed E-state index contributed by atoms with van der Waals surface area (Å²) in [5, 5.41) is 10.9. The van der Waals surface area contributed by atoms with Gasteiger partial charge in [-0.1, -0.05) is 43.2 Å². The number of anilines is 1. The van der Waals surface area contributed by atoms with Gasteiger partial charge in [0.2, 0.25) is 0 Å². The average molecular weight is 461 g/mol. The van der Waals surface area contributed by atoms with E-state index >= 15 is 0 Å². The molecule has 1 aliphatic heterocycles. The maximum Gasteiger partial charge on any atom is 0.332 e. The second-order valence-corrected chi connectivity index (χ2v) is 10.0. The molecule has 1 aromatic heterocycles. The molecule has 34 heavy (non-hydrogen) atoms. The molecule has 2 fully saturated rings. The quantitative estimate of drug-likeness (QED) is 0.610. The number of aromatic nitrogens is 2. The van der Waals surface area contributed by atoms with Crippen molar-refractivity contribution in [3.05, 3.63) is 82.0 Å². The Bertz CT molecular complexity index is 1180. The fraction of sp³-hybridized carbons (Fsp3) is 0.464. The third-order valence-electron chi connectivity index (χ3n) is 7.68. The van der Waals surface area contributed by atoms with E-state index in [-0.39, 0.29) is 5.69 Å². The van der Waals surface area contributed by atoms with Gasteiger partial charge in [0.1, 0.15) is 0 Å². The number of rotatable bonds is 6. The van der Waals surface area contributed by atoms with Crippen LogP contribution in [0.3, 0.4) is 0 Å². The highest BCUT2D eigenvalue weighted by atomic mass is 16.3. The van der Waals surface area contributed by atoms with E-state index in [2.05, 4.69) is 41.1 Å². The molecule has 1 N–H and O–H groups in total. The van der Waals surface area contributed by atoms with Gasteiger partial charge in [0, 0.05) is 50.3 Å². The molecule has 0 radical (unpaired) electrons. The lowest BCUT2D eigenvalue weighted by atomic mass is 9.92. The van der Waals surface area contributed by atoms with E-state index in [0.717, 1.165) is 75.2 Å². The van der Waals surface area contributed by atoms with Crippen molar-refractivity contribution in [1.82, 2.24) is 14.0 Å². The van der Waals surface area contributed by atoms with Crippen LogP contribution < -0.4 is 10.6 Å². The van der Waals surface area contributed by atoms with Crippen molar-refractivity contribution in [2.45, 2.75) is 51.2 Å². The number of aryl methyl sites for hydroxylation is 3. The van der Waals surface area contributed by atoms with Crippen molar-refractivity contribution < 1.29 is 5.11 Å². The maximum atomic E-state index is 13.3. The zero-order valence-electron chi connectivity index (χ0n) is 20.4. The molecule has 6 heteroatoms. The number of imidazole rings is 1. The molecular formula is C28H36N4O2. The molecule has 1 saturated heterocycles. The van der Waals surface area contributed by atoms with Crippen LogP contribution in [-0.4, -0.2) is 52.4 Å². The topological polar surface area (TPSA) is 53.6 Å². The summed E-state index contributed by atoms with van der Waals surface area (Å²) in [6, 6.07) is 16.5. The highest BCUT2D eigenvalue weighted by Gasteiger charge is 2.32. The van der Waals surface area contributed by atoms with Gasteiger partial charge < -0.3 is 14.9 Å². The van der Waals surface area contributed by atoms with Crippen molar-refractivity contribution in [1.29, 1.82) is 0 Å². The van der Waals surface area contributed by atoms with E-state index < -0.39 is 5.60 Å². The van der Waals surface area contributed by atoms with Gasteiger partial charge in [-0.25, -0.2) is 4.79 Å². The van der Waals surface area contributed by atoms with E-state index in [1.54, 1.807) is 4.57 Å². The number of piperazine rings is 1. The highest BCUT2D eigenvalue weighted by Crippen LogP contribution is 2.38. The Morgan fingerprint density at radius 2 is 1.62 bits per heavy atom. The standard InChI is InChI=1S/C28H36N4O2/c1-22-21-31(16-13-23-7-3-4-8-26(23)30-19-17-29(2)18-20-30)27(33)32(22)25-11-9-24(10-12-25)28(34)14-5-6-15-28/h3-4,7-12,21,34H,5-6,13-20H2,1-2H3. The lowest BCUT2D eigenvalue weighted by Gasteiger charge is -2.35. The minimum absolute atomic E-state index is 0.0121. The Kier molecular flexibility index (Phi) is 6.36. The number of likely N-dealkylation sites (N-methyl/N-ethyl adjacent to an activating group) is 1. The smallest absolute Gasteiger partial charge is 0.332 e. The highest BCUT2D eigenvalue weighted by molar-refractivity contribution is 5.54. The molecule has 0 unspecified atom stereocenters. The van der Waals surface area contributed by atoms with Gasteiger partial charge in [-0.15, -0.1) is 0 Å². The molecule has 6 nitrogen and oxygen atoms in total. The monoisotopic (exact) mass is 460 g/mol. The summed E-state index contributed by atoms with van der Waals surface area (Å²) in [6.07, 6.45) is 6.54. The Hall–Kier alpha value is -2.83. The van der Waals surface area contributed by atoms with Gasteiger partial charge in [-0.3, -0.25) is 9.13 Å². The molecular weight excluding hydrogens is 424 g/mol. The Labute approximate surface area is 202 Å². The number of hydrogen-bond acceptors (Lipinski definition) is 4. The van der Waals surface area contributed by atoms with Crippen molar-refractivity contribution in [2.75, 3.05) is 38.1 Å². The molecule has 0 amide bonds. The maximum absolute atomic E-state index is 13.3. The zero-order chi connectivity index (χ0) is 23.7. The molecule has 0 atom stereocenters. The SMILES string of the molecule is Cc1cn(CCc2ccccc2N2CCN(C)CC2)c(=O)n1-c1ccc(C2(O)CCCC2)cc1. The normalized spacial score (nSPS) is 18.5. The number of hydrogen-bond donors (Lipinski definition) is 1. The Morgan fingerprint density at radius 3 is 2.32 bits per heavy atom. The van der Waals surface area contributed by atoms with Crippen LogP contribution in [-0.2, 0) is 18.6 Å². The van der Waals surface area contributed by atoms with Crippen LogP contribution in [0.15, 0.2) is 59.5 Å². The van der Waals surface area contributed by atoms with Crippen LogP contribution >= 0.6 is 0 Å². The largest absolute Gasteiger partial charge is 0.385 e. The molecule has 0 spiro atoms. The lowest BCUT2D eigenvalue weighted by Crippen LogP contribution is -2.44. The first kappa shape index (κ1) is 22.9. The van der Waals surface area contributed by atoms with Gasteiger partial charge in [0.15, 0.2) is 0 Å². The molecule has 1 aliphatic carbocycles. The number of para-hydroxylation sites is 1. The van der Waals surface area contributed by atoms with Crippen LogP contribution in [0.2, 0.25) is 0 Å². The summed E-state index contributed by atoms with van der Waals surface area (Å²) in [6.45, 7) is 6.85. The molecule has 2 aromatic carbocycles. The third-order valence-corrected chi connectivity index (χ3v) is 7.68. The average Bonchev–Trinajstić information content (AvgIpc) is 3.42. The lowest BCUT2D eigenvalue weighted by molar-refractivity contribution is 0.0445. The molecule has 3 aromatic rings.